The van der Waals surface area contributed by atoms with Crippen molar-refractivity contribution in [3.8, 4) is 0 Å². The van der Waals surface area contributed by atoms with Crippen molar-refractivity contribution in [2.24, 2.45) is 0 Å². The van der Waals surface area contributed by atoms with Gasteiger partial charge in [0.2, 0.25) is 0 Å². The topological polar surface area (TPSA) is 61.4 Å². The summed E-state index contributed by atoms with van der Waals surface area (Å²) < 4.78 is 0. The van der Waals surface area contributed by atoms with E-state index in [4.69, 9.17) is 0 Å². The smallest absolute Gasteiger partial charge is 0.318 e. The predicted octanol–water partition coefficient (Wildman–Crippen LogP) is 8.89. The molecule has 0 spiro atoms. The average Bonchev–Trinajstić information content (AvgIpc) is 3.02. The fourth-order valence-corrected chi connectivity index (χ4v) is 4.80. The molecule has 0 bridgehead atoms. The number of carboxylic acid groups (broad SMARTS) is 1. The van der Waals surface area contributed by atoms with Crippen molar-refractivity contribution in [1.29, 1.82) is 0 Å². The van der Waals surface area contributed by atoms with Crippen LogP contribution in [-0.2, 0) is 10.2 Å². The third-order valence-corrected chi connectivity index (χ3v) is 7.58. The van der Waals surface area contributed by atoms with Crippen molar-refractivity contribution in [3.05, 3.63) is 144 Å². The van der Waals surface area contributed by atoms with Crippen molar-refractivity contribution in [2.45, 2.75) is 51.1 Å². The van der Waals surface area contributed by atoms with Crippen LogP contribution in [-0.4, -0.2) is 23.2 Å². The molecule has 0 radical (unpaired) electrons. The number of carbonyl (C=O) groups is 1. The Hall–Kier alpha value is -4.57. The molecule has 0 aromatic heterocycles. The highest BCUT2D eigenvalue weighted by Gasteiger charge is 2.37. The van der Waals surface area contributed by atoms with Crippen LogP contribution >= 0.6 is 0 Å². The molecule has 41 heavy (non-hydrogen) atoms. The lowest BCUT2D eigenvalue weighted by molar-refractivity contribution is -0.141. The van der Waals surface area contributed by atoms with Crippen LogP contribution in [0.1, 0.15) is 55.9 Å². The summed E-state index contributed by atoms with van der Waals surface area (Å²) in [7, 11) is 0. The Bertz CT molecular complexity index is 1320. The molecular weight excluding hydrogens is 504 g/mol. The van der Waals surface area contributed by atoms with E-state index in [1.165, 1.54) is 0 Å². The number of anilines is 2. The number of nitrogens with one attached hydrogen (secondary N) is 2. The maximum atomic E-state index is 12.6. The van der Waals surface area contributed by atoms with E-state index in [1.54, 1.807) is 6.92 Å². The van der Waals surface area contributed by atoms with Crippen molar-refractivity contribution < 1.29 is 9.90 Å². The van der Waals surface area contributed by atoms with Crippen LogP contribution in [0.25, 0.3) is 12.2 Å². The molecule has 2 atom stereocenters. The van der Waals surface area contributed by atoms with Crippen LogP contribution in [0.15, 0.2) is 121 Å². The van der Waals surface area contributed by atoms with Gasteiger partial charge in [-0.3, -0.25) is 4.79 Å². The molecule has 0 heterocycles. The van der Waals surface area contributed by atoms with Gasteiger partial charge in [-0.1, -0.05) is 123 Å². The molecule has 0 saturated heterocycles. The monoisotopic (exact) mass is 544 g/mol. The fraction of sp³-hybridized carbons (Fsp3) is 0.216. The quantitative estimate of drug-likeness (QED) is 0.157. The summed E-state index contributed by atoms with van der Waals surface area (Å²) in [5, 5.41) is 17.5. The van der Waals surface area contributed by atoms with Gasteiger partial charge in [0.15, 0.2) is 0 Å². The van der Waals surface area contributed by atoms with Crippen LogP contribution in [0.4, 0.5) is 11.4 Å². The largest absolute Gasteiger partial charge is 0.480 e. The minimum absolute atomic E-state index is 0.168. The predicted molar refractivity (Wildman–Crippen MR) is 173 cm³/mol. The minimum Gasteiger partial charge on any atom is -0.480 e. The average molecular weight is 545 g/mol. The summed E-state index contributed by atoms with van der Waals surface area (Å²) in [4.78, 5) is 12.6. The summed E-state index contributed by atoms with van der Waals surface area (Å²) in [5.74, 6) is -0.881. The van der Waals surface area contributed by atoms with Crippen molar-refractivity contribution >= 4 is 29.5 Å². The van der Waals surface area contributed by atoms with Crippen LogP contribution in [0, 0.1) is 0 Å². The molecule has 0 aliphatic rings. The number of hydrogen-bond acceptors (Lipinski definition) is 3. The molecule has 3 N–H and O–H groups in total. The first-order chi connectivity index (χ1) is 19.9. The molecule has 4 heteroatoms. The Morgan fingerprint density at radius 2 is 1.02 bits per heavy atom. The first kappa shape index (κ1) is 29.4. The standard InChI is InChI=1S/C37H40N2O2/c1-4-32(22-16-28-12-8-6-9-13-28)38-34-24-18-30(19-25-34)37(3,36(40)41)31-20-26-35(27-21-31)39-33(5-2)23-17-29-14-10-7-11-15-29/h6-27,32-33,38-39H,4-5H2,1-3H3,(H,40,41). The van der Waals surface area contributed by atoms with E-state index in [-0.39, 0.29) is 12.1 Å². The highest BCUT2D eigenvalue weighted by atomic mass is 16.4. The zero-order chi connectivity index (χ0) is 29.1. The number of rotatable bonds is 13. The highest BCUT2D eigenvalue weighted by Crippen LogP contribution is 2.34. The summed E-state index contributed by atoms with van der Waals surface area (Å²) in [5.41, 5.74) is 4.54. The Morgan fingerprint density at radius 3 is 1.34 bits per heavy atom. The first-order valence-corrected chi connectivity index (χ1v) is 14.4. The Morgan fingerprint density at radius 1 is 0.659 bits per heavy atom. The molecule has 210 valence electrons. The normalized spacial score (nSPS) is 14.4. The van der Waals surface area contributed by atoms with Gasteiger partial charge in [-0.2, -0.15) is 0 Å². The molecule has 2 unspecified atom stereocenters. The Labute approximate surface area is 244 Å². The molecule has 0 fully saturated rings. The number of hydrogen-bond donors (Lipinski definition) is 3. The zero-order valence-corrected chi connectivity index (χ0v) is 24.1. The molecule has 0 saturated carbocycles. The molecule has 0 aliphatic heterocycles. The molecule has 4 aromatic carbocycles. The lowest BCUT2D eigenvalue weighted by atomic mass is 9.76. The van der Waals surface area contributed by atoms with Crippen LogP contribution < -0.4 is 10.6 Å². The van der Waals surface area contributed by atoms with Gasteiger partial charge in [0.25, 0.3) is 0 Å². The van der Waals surface area contributed by atoms with E-state index in [0.29, 0.717) is 0 Å². The second-order valence-electron chi connectivity index (χ2n) is 10.4. The maximum Gasteiger partial charge on any atom is 0.318 e. The van der Waals surface area contributed by atoms with Gasteiger partial charge in [-0.25, -0.2) is 0 Å². The number of carboxylic acids is 1. The molecule has 4 nitrogen and oxygen atoms in total. The van der Waals surface area contributed by atoms with E-state index in [0.717, 1.165) is 46.5 Å². The molecule has 0 amide bonds. The zero-order valence-electron chi connectivity index (χ0n) is 24.1. The third-order valence-electron chi connectivity index (χ3n) is 7.58. The van der Waals surface area contributed by atoms with Gasteiger partial charge < -0.3 is 15.7 Å². The van der Waals surface area contributed by atoms with Crippen LogP contribution in [0.2, 0.25) is 0 Å². The van der Waals surface area contributed by atoms with E-state index >= 15 is 0 Å². The minimum atomic E-state index is -1.17. The van der Waals surface area contributed by atoms with E-state index in [2.05, 4.69) is 73.1 Å². The summed E-state index contributed by atoms with van der Waals surface area (Å²) in [6, 6.07) is 36.3. The fourth-order valence-electron chi connectivity index (χ4n) is 4.80. The number of benzene rings is 4. The van der Waals surface area contributed by atoms with Crippen LogP contribution in [0.3, 0.4) is 0 Å². The van der Waals surface area contributed by atoms with E-state index in [9.17, 15) is 9.90 Å². The lowest BCUT2D eigenvalue weighted by Crippen LogP contribution is -2.33. The van der Waals surface area contributed by atoms with Gasteiger partial charge in [0, 0.05) is 23.5 Å². The second-order valence-corrected chi connectivity index (χ2v) is 10.4. The number of aliphatic carboxylic acids is 1. The van der Waals surface area contributed by atoms with Gasteiger partial charge in [0.1, 0.15) is 5.41 Å². The highest BCUT2D eigenvalue weighted by molar-refractivity contribution is 5.86. The van der Waals surface area contributed by atoms with E-state index < -0.39 is 11.4 Å². The van der Waals surface area contributed by atoms with Crippen molar-refractivity contribution in [3.63, 3.8) is 0 Å². The van der Waals surface area contributed by atoms with Crippen molar-refractivity contribution in [1.82, 2.24) is 0 Å². The summed E-state index contributed by atoms with van der Waals surface area (Å²) in [6.07, 6.45) is 10.4. The third kappa shape index (κ3) is 7.76. The summed E-state index contributed by atoms with van der Waals surface area (Å²) in [6.45, 7) is 6.06. The molecule has 4 aromatic rings. The second kappa shape index (κ2) is 14.2. The van der Waals surface area contributed by atoms with Gasteiger partial charge >= 0.3 is 5.97 Å². The Kier molecular flexibility index (Phi) is 10.2. The van der Waals surface area contributed by atoms with Gasteiger partial charge in [0.05, 0.1) is 0 Å². The maximum absolute atomic E-state index is 12.6. The Balaban J connectivity index is 1.46. The van der Waals surface area contributed by atoms with E-state index in [1.807, 2.05) is 84.9 Å². The van der Waals surface area contributed by atoms with Gasteiger partial charge in [-0.15, -0.1) is 0 Å². The summed E-state index contributed by atoms with van der Waals surface area (Å²) >= 11 is 0. The SMILES string of the molecule is CCC(C=Cc1ccccc1)Nc1ccc(C(C)(C(=O)O)c2ccc(NC(C=Cc3ccccc3)CC)cc2)cc1. The van der Waals surface area contributed by atoms with Crippen LogP contribution in [0.5, 0.6) is 0 Å². The molecule has 4 rings (SSSR count). The lowest BCUT2D eigenvalue weighted by Gasteiger charge is -2.27. The molecule has 0 aliphatic carbocycles. The molecular formula is C37H40N2O2. The van der Waals surface area contributed by atoms with Crippen molar-refractivity contribution in [2.75, 3.05) is 10.6 Å². The van der Waals surface area contributed by atoms with Gasteiger partial charge in [-0.05, 0) is 66.3 Å². The first-order valence-electron chi connectivity index (χ1n) is 14.4.